The molecule has 1 aliphatic heterocycles. The molecule has 0 radical (unpaired) electrons. The van der Waals surface area contributed by atoms with Crippen molar-refractivity contribution in [2.24, 2.45) is 0 Å². The molecule has 0 aliphatic carbocycles. The van der Waals surface area contributed by atoms with E-state index in [4.69, 9.17) is 0 Å². The van der Waals surface area contributed by atoms with Crippen LogP contribution in [0.3, 0.4) is 0 Å². The average molecular weight is 580 g/mol. The molecular weight excluding hydrogens is 560 g/mol. The summed E-state index contributed by atoms with van der Waals surface area (Å²) in [5.41, 5.74) is 3.36. The Hall–Kier alpha value is -0.870. The van der Waals surface area contributed by atoms with E-state index < -0.39 is 39.9 Å². The maximum absolute atomic E-state index is 11.9. The molecule has 37 heavy (non-hydrogen) atoms. The number of hydrogen-bond acceptors (Lipinski definition) is 9. The largest absolute Gasteiger partial charge is 1.00 e. The second-order valence-electron chi connectivity index (χ2n) is 8.05. The van der Waals surface area contributed by atoms with E-state index in [0.717, 1.165) is 35.1 Å². The maximum atomic E-state index is 11.9. The summed E-state index contributed by atoms with van der Waals surface area (Å²) in [6.45, 7) is 0.590. The Morgan fingerprint density at radius 3 is 1.97 bits per heavy atom. The summed E-state index contributed by atoms with van der Waals surface area (Å²) in [5.74, 6) is 0. The molecule has 0 saturated heterocycles. The fourth-order valence-corrected chi connectivity index (χ4v) is 5.79. The number of sulfone groups is 1. The minimum atomic E-state index is -5.04. The Kier molecular flexibility index (Phi) is 10.6. The van der Waals surface area contributed by atoms with E-state index in [2.05, 4.69) is 5.32 Å². The van der Waals surface area contributed by atoms with E-state index >= 15 is 0 Å². The van der Waals surface area contributed by atoms with Gasteiger partial charge in [-0.25, -0.2) is 25.3 Å². The minimum Gasteiger partial charge on any atom is -0.744 e. The Balaban J connectivity index is 0.00000241. The average Bonchev–Trinajstić information content (AvgIpc) is 3.19. The number of hydrogen-bond donors (Lipinski definition) is 1. The summed E-state index contributed by atoms with van der Waals surface area (Å²) >= 11 is 0. The van der Waals surface area contributed by atoms with Gasteiger partial charge in [-0.05, 0) is 52.1 Å². The van der Waals surface area contributed by atoms with Crippen molar-refractivity contribution in [1.82, 2.24) is 5.32 Å². The van der Waals surface area contributed by atoms with Crippen LogP contribution >= 0.6 is 0 Å². The fraction of sp³-hybridized carbons (Fsp3) is 0.130. The molecule has 1 atom stereocenters. The van der Waals surface area contributed by atoms with Gasteiger partial charge in [-0.3, -0.25) is 0 Å². The van der Waals surface area contributed by atoms with Gasteiger partial charge in [0.1, 0.15) is 20.2 Å². The van der Waals surface area contributed by atoms with Crippen molar-refractivity contribution in [3.8, 4) is 0 Å². The molecule has 0 spiro atoms. The van der Waals surface area contributed by atoms with Crippen LogP contribution in [0.15, 0.2) is 75.4 Å². The zero-order valence-electron chi connectivity index (χ0n) is 20.2. The predicted octanol–water partition coefficient (Wildman–Crippen LogP) is -3.73. The molecule has 1 heterocycles. The molecule has 0 aromatic heterocycles. The molecule has 3 aromatic carbocycles. The van der Waals surface area contributed by atoms with Gasteiger partial charge in [-0.15, -0.1) is 0 Å². The van der Waals surface area contributed by atoms with Crippen LogP contribution in [0.4, 0.5) is 0 Å². The first-order valence-electron chi connectivity index (χ1n) is 10.1. The molecule has 184 valence electrons. The molecule has 1 aliphatic rings. The van der Waals surface area contributed by atoms with E-state index in [0.29, 0.717) is 18.2 Å². The summed E-state index contributed by atoms with van der Waals surface area (Å²) in [5, 5.41) is 3.35. The zero-order valence-corrected chi connectivity index (χ0v) is 26.7. The maximum Gasteiger partial charge on any atom is 1.00 e. The normalized spacial score (nSPS) is 15.6. The summed E-state index contributed by atoms with van der Waals surface area (Å²) in [6, 6.07) is 14.6. The smallest absolute Gasteiger partial charge is 0.744 e. The first kappa shape index (κ1) is 32.3. The van der Waals surface area contributed by atoms with Gasteiger partial charge in [-0.2, -0.15) is 0 Å². The second-order valence-corrected chi connectivity index (χ2v) is 12.8. The van der Waals surface area contributed by atoms with E-state index in [-0.39, 0.29) is 75.6 Å². The molecule has 1 unspecified atom stereocenters. The van der Waals surface area contributed by atoms with Gasteiger partial charge in [-0.1, -0.05) is 48.6 Å². The third-order valence-electron chi connectivity index (χ3n) is 5.62. The van der Waals surface area contributed by atoms with Gasteiger partial charge in [0.15, 0.2) is 9.84 Å². The topological polar surface area (TPSA) is 161 Å². The third kappa shape index (κ3) is 7.62. The fourth-order valence-electron chi connectivity index (χ4n) is 3.86. The Morgan fingerprint density at radius 1 is 0.784 bits per heavy atom. The molecule has 9 nitrogen and oxygen atoms in total. The number of benzene rings is 3. The van der Waals surface area contributed by atoms with Gasteiger partial charge in [0, 0.05) is 12.8 Å². The number of rotatable bonds is 6. The molecule has 0 amide bonds. The standard InChI is InChI=1S/C23H21NO8S3.2Na/c1-33(25,26)19-10-9-18-14-24-23(21(18)12-19)17-6-3-15(4-7-17)2-5-16-8-11-20(34(27,28)29)13-22(16)35(30,31)32;;/h2-13,23-24H,14H2,1H3,(H,27,28,29)(H,30,31,32);;/q;2*+1/p-2. The quantitative estimate of drug-likeness (QED) is 0.176. The van der Waals surface area contributed by atoms with Crippen LogP contribution in [0.5, 0.6) is 0 Å². The van der Waals surface area contributed by atoms with E-state index in [1.807, 2.05) is 12.1 Å². The molecule has 1 N–H and O–H groups in total. The Morgan fingerprint density at radius 2 is 1.41 bits per heavy atom. The molecular formula is C23H19NNa2O8S3. The van der Waals surface area contributed by atoms with E-state index in [9.17, 15) is 34.4 Å². The summed E-state index contributed by atoms with van der Waals surface area (Å²) in [6.07, 6.45) is 4.03. The molecule has 0 bridgehead atoms. The van der Waals surface area contributed by atoms with Gasteiger partial charge >= 0.3 is 59.1 Å². The first-order valence-corrected chi connectivity index (χ1v) is 14.8. The second kappa shape index (κ2) is 12.1. The minimum absolute atomic E-state index is 0. The monoisotopic (exact) mass is 579 g/mol. The van der Waals surface area contributed by atoms with Crippen LogP contribution in [-0.4, -0.2) is 40.6 Å². The molecule has 3 aromatic rings. The van der Waals surface area contributed by atoms with Crippen LogP contribution in [-0.2, 0) is 36.6 Å². The van der Waals surface area contributed by atoms with E-state index in [1.54, 1.807) is 30.3 Å². The van der Waals surface area contributed by atoms with Crippen molar-refractivity contribution in [3.05, 3.63) is 88.5 Å². The van der Waals surface area contributed by atoms with Crippen molar-refractivity contribution in [1.29, 1.82) is 0 Å². The van der Waals surface area contributed by atoms with E-state index in [1.165, 1.54) is 12.2 Å². The van der Waals surface area contributed by atoms with Crippen LogP contribution in [0.25, 0.3) is 12.2 Å². The van der Waals surface area contributed by atoms with Crippen molar-refractivity contribution < 1.29 is 93.5 Å². The molecule has 0 saturated carbocycles. The molecule has 14 heteroatoms. The number of fused-ring (bicyclic) bond motifs is 1. The molecule has 4 rings (SSSR count). The number of nitrogens with one attached hydrogen (secondary N) is 1. The summed E-state index contributed by atoms with van der Waals surface area (Å²) < 4.78 is 92.2. The van der Waals surface area contributed by atoms with Gasteiger partial charge < -0.3 is 14.4 Å². The third-order valence-corrected chi connectivity index (χ3v) is 8.46. The van der Waals surface area contributed by atoms with Crippen LogP contribution in [0.2, 0.25) is 0 Å². The van der Waals surface area contributed by atoms with Gasteiger partial charge in [0.25, 0.3) is 0 Å². The van der Waals surface area contributed by atoms with Crippen molar-refractivity contribution in [2.75, 3.05) is 6.26 Å². The SMILES string of the molecule is CS(=O)(=O)c1ccc2c(c1)C(c1ccc(C=Cc3ccc(S(=O)(=O)[O-])cc3S(=O)(=O)[O-])cc1)NC2.[Na+].[Na+]. The van der Waals surface area contributed by atoms with Crippen molar-refractivity contribution >= 4 is 42.2 Å². The zero-order chi connectivity index (χ0) is 25.6. The van der Waals surface area contributed by atoms with Gasteiger partial charge in [0.05, 0.1) is 20.7 Å². The summed E-state index contributed by atoms with van der Waals surface area (Å²) in [7, 11) is -13.3. The van der Waals surface area contributed by atoms with Crippen LogP contribution < -0.4 is 64.4 Å². The van der Waals surface area contributed by atoms with Crippen molar-refractivity contribution in [2.45, 2.75) is 27.3 Å². The van der Waals surface area contributed by atoms with Crippen molar-refractivity contribution in [3.63, 3.8) is 0 Å². The van der Waals surface area contributed by atoms with Gasteiger partial charge in [0.2, 0.25) is 0 Å². The summed E-state index contributed by atoms with van der Waals surface area (Å²) in [4.78, 5) is -1.38. The van der Waals surface area contributed by atoms with Crippen LogP contribution in [0.1, 0.15) is 33.9 Å². The van der Waals surface area contributed by atoms with Crippen LogP contribution in [0, 0.1) is 0 Å². The Labute approximate surface area is 260 Å². The Bertz CT molecular complexity index is 1670. The first-order chi connectivity index (χ1) is 16.2. The molecule has 0 fully saturated rings. The predicted molar refractivity (Wildman–Crippen MR) is 126 cm³/mol.